The van der Waals surface area contributed by atoms with Gasteiger partial charge in [0.05, 0.1) is 11.7 Å². The molecule has 2 aromatic rings. The van der Waals surface area contributed by atoms with Crippen LogP contribution < -0.4 is 0 Å². The minimum atomic E-state index is -3.19. The van der Waals surface area contributed by atoms with Crippen LogP contribution >= 0.6 is 0 Å². The SMILES string of the molecule is CCCS(=O)(=O)N1CCCC(c2nc(-c3ccc(C(C)C)cc3)no2)C1. The third-order valence-corrected chi connectivity index (χ3v) is 6.91. The van der Waals surface area contributed by atoms with Gasteiger partial charge in [0.2, 0.25) is 21.7 Å². The Morgan fingerprint density at radius 3 is 2.65 bits per heavy atom. The van der Waals surface area contributed by atoms with E-state index in [9.17, 15) is 8.42 Å². The maximum absolute atomic E-state index is 12.3. The smallest absolute Gasteiger partial charge is 0.231 e. The lowest BCUT2D eigenvalue weighted by atomic mass is 9.99. The van der Waals surface area contributed by atoms with Gasteiger partial charge in [-0.2, -0.15) is 4.98 Å². The third kappa shape index (κ3) is 4.15. The summed E-state index contributed by atoms with van der Waals surface area (Å²) in [7, 11) is -3.19. The summed E-state index contributed by atoms with van der Waals surface area (Å²) in [5.41, 5.74) is 2.18. The highest BCUT2D eigenvalue weighted by Crippen LogP contribution is 2.29. The van der Waals surface area contributed by atoms with Gasteiger partial charge in [-0.1, -0.05) is 50.2 Å². The predicted octanol–water partition coefficient (Wildman–Crippen LogP) is 3.78. The molecule has 142 valence electrons. The molecule has 1 aromatic carbocycles. The number of hydrogen-bond donors (Lipinski definition) is 0. The second kappa shape index (κ2) is 7.88. The summed E-state index contributed by atoms with van der Waals surface area (Å²) < 4.78 is 31.7. The summed E-state index contributed by atoms with van der Waals surface area (Å²) in [6.07, 6.45) is 2.31. The van der Waals surface area contributed by atoms with Gasteiger partial charge in [-0.05, 0) is 30.7 Å². The van der Waals surface area contributed by atoms with Gasteiger partial charge in [0.15, 0.2) is 0 Å². The van der Waals surface area contributed by atoms with E-state index in [1.54, 1.807) is 4.31 Å². The fourth-order valence-corrected chi connectivity index (χ4v) is 4.91. The van der Waals surface area contributed by atoms with Gasteiger partial charge in [-0.25, -0.2) is 12.7 Å². The molecule has 0 saturated carbocycles. The number of nitrogens with zero attached hydrogens (tertiary/aromatic N) is 3. The molecule has 3 rings (SSSR count). The Labute approximate surface area is 155 Å². The molecule has 1 aliphatic heterocycles. The van der Waals surface area contributed by atoms with Crippen molar-refractivity contribution in [2.75, 3.05) is 18.8 Å². The number of hydrogen-bond acceptors (Lipinski definition) is 5. The van der Waals surface area contributed by atoms with Crippen LogP contribution in [0, 0.1) is 0 Å². The van der Waals surface area contributed by atoms with Crippen molar-refractivity contribution in [3.8, 4) is 11.4 Å². The van der Waals surface area contributed by atoms with E-state index >= 15 is 0 Å². The third-order valence-electron chi connectivity index (χ3n) is 4.87. The Morgan fingerprint density at radius 2 is 2.00 bits per heavy atom. The maximum Gasteiger partial charge on any atom is 0.231 e. The molecule has 0 radical (unpaired) electrons. The monoisotopic (exact) mass is 377 g/mol. The van der Waals surface area contributed by atoms with E-state index < -0.39 is 10.0 Å². The largest absolute Gasteiger partial charge is 0.339 e. The lowest BCUT2D eigenvalue weighted by Gasteiger charge is -2.30. The zero-order chi connectivity index (χ0) is 18.7. The Hall–Kier alpha value is -1.73. The molecule has 0 aliphatic carbocycles. The van der Waals surface area contributed by atoms with E-state index in [1.165, 1.54) is 5.56 Å². The lowest BCUT2D eigenvalue weighted by molar-refractivity contribution is 0.265. The standard InChI is InChI=1S/C19H27N3O3S/c1-4-12-26(23,24)22-11-5-6-17(13-22)19-20-18(21-25-19)16-9-7-15(8-10-16)14(2)3/h7-10,14,17H,4-6,11-13H2,1-3H3. The minimum absolute atomic E-state index is 0.0356. The Kier molecular flexibility index (Phi) is 5.77. The molecule has 26 heavy (non-hydrogen) atoms. The second-order valence-electron chi connectivity index (χ2n) is 7.25. The zero-order valence-corrected chi connectivity index (χ0v) is 16.5. The number of piperidine rings is 1. The average Bonchev–Trinajstić information content (AvgIpc) is 3.12. The molecule has 1 saturated heterocycles. The molecule has 1 fully saturated rings. The van der Waals surface area contributed by atoms with Gasteiger partial charge in [-0.15, -0.1) is 0 Å². The fraction of sp³-hybridized carbons (Fsp3) is 0.579. The van der Waals surface area contributed by atoms with Crippen molar-refractivity contribution in [1.82, 2.24) is 14.4 Å². The van der Waals surface area contributed by atoms with E-state index in [0.717, 1.165) is 18.4 Å². The van der Waals surface area contributed by atoms with Crippen molar-refractivity contribution in [3.63, 3.8) is 0 Å². The van der Waals surface area contributed by atoms with Crippen LogP contribution in [0.5, 0.6) is 0 Å². The van der Waals surface area contributed by atoms with E-state index in [4.69, 9.17) is 4.52 Å². The van der Waals surface area contributed by atoms with Crippen LogP contribution in [0.1, 0.15) is 63.3 Å². The van der Waals surface area contributed by atoms with Gasteiger partial charge in [-0.3, -0.25) is 0 Å². The number of sulfonamides is 1. The molecular weight excluding hydrogens is 350 g/mol. The highest BCUT2D eigenvalue weighted by molar-refractivity contribution is 7.89. The van der Waals surface area contributed by atoms with Crippen LogP contribution in [0.15, 0.2) is 28.8 Å². The molecule has 1 aromatic heterocycles. The molecule has 1 aliphatic rings. The average molecular weight is 378 g/mol. The van der Waals surface area contributed by atoms with Crippen LogP contribution in [0.4, 0.5) is 0 Å². The summed E-state index contributed by atoms with van der Waals surface area (Å²) in [5.74, 6) is 1.72. The van der Waals surface area contributed by atoms with Gasteiger partial charge in [0.1, 0.15) is 0 Å². The molecule has 0 spiro atoms. The van der Waals surface area contributed by atoms with Gasteiger partial charge in [0.25, 0.3) is 0 Å². The van der Waals surface area contributed by atoms with Crippen molar-refractivity contribution in [2.24, 2.45) is 0 Å². The molecule has 0 bridgehead atoms. The Bertz CT molecular complexity index is 828. The second-order valence-corrected chi connectivity index (χ2v) is 9.33. The predicted molar refractivity (Wildman–Crippen MR) is 101 cm³/mol. The summed E-state index contributed by atoms with van der Waals surface area (Å²) in [6.45, 7) is 7.20. The molecule has 1 unspecified atom stereocenters. The summed E-state index contributed by atoms with van der Waals surface area (Å²) in [4.78, 5) is 4.54. The highest BCUT2D eigenvalue weighted by Gasteiger charge is 2.31. The number of rotatable bonds is 6. The summed E-state index contributed by atoms with van der Waals surface area (Å²) in [5, 5.41) is 4.11. The number of aromatic nitrogens is 2. The van der Waals surface area contributed by atoms with Crippen molar-refractivity contribution in [2.45, 2.75) is 51.9 Å². The van der Waals surface area contributed by atoms with Gasteiger partial charge in [0, 0.05) is 18.7 Å². The zero-order valence-electron chi connectivity index (χ0n) is 15.7. The molecule has 6 nitrogen and oxygen atoms in total. The maximum atomic E-state index is 12.3. The van der Waals surface area contributed by atoms with E-state index in [0.29, 0.717) is 37.1 Å². The van der Waals surface area contributed by atoms with Crippen LogP contribution in [0.25, 0.3) is 11.4 Å². The summed E-state index contributed by atoms with van der Waals surface area (Å²) in [6, 6.07) is 8.16. The fourth-order valence-electron chi connectivity index (χ4n) is 3.32. The molecular formula is C19H27N3O3S. The van der Waals surface area contributed by atoms with Crippen LogP contribution in [-0.4, -0.2) is 41.7 Å². The first-order chi connectivity index (χ1) is 12.4. The Morgan fingerprint density at radius 1 is 1.27 bits per heavy atom. The molecule has 2 heterocycles. The topological polar surface area (TPSA) is 76.3 Å². The van der Waals surface area contributed by atoms with Crippen LogP contribution in [-0.2, 0) is 10.0 Å². The first-order valence-electron chi connectivity index (χ1n) is 9.32. The molecule has 0 amide bonds. The first kappa shape index (κ1) is 19.0. The van der Waals surface area contributed by atoms with E-state index in [2.05, 4.69) is 36.1 Å². The minimum Gasteiger partial charge on any atom is -0.339 e. The molecule has 7 heteroatoms. The molecule has 0 N–H and O–H groups in total. The van der Waals surface area contributed by atoms with Crippen molar-refractivity contribution in [3.05, 3.63) is 35.7 Å². The number of benzene rings is 1. The van der Waals surface area contributed by atoms with Gasteiger partial charge < -0.3 is 4.52 Å². The van der Waals surface area contributed by atoms with Crippen molar-refractivity contribution >= 4 is 10.0 Å². The summed E-state index contributed by atoms with van der Waals surface area (Å²) >= 11 is 0. The van der Waals surface area contributed by atoms with E-state index in [1.807, 2.05) is 19.1 Å². The van der Waals surface area contributed by atoms with Crippen molar-refractivity contribution in [1.29, 1.82) is 0 Å². The first-order valence-corrected chi connectivity index (χ1v) is 10.9. The van der Waals surface area contributed by atoms with Crippen LogP contribution in [0.3, 0.4) is 0 Å². The Balaban J connectivity index is 1.75. The lowest BCUT2D eigenvalue weighted by Crippen LogP contribution is -2.40. The molecule has 1 atom stereocenters. The highest BCUT2D eigenvalue weighted by atomic mass is 32.2. The van der Waals surface area contributed by atoms with Crippen molar-refractivity contribution < 1.29 is 12.9 Å². The quantitative estimate of drug-likeness (QED) is 0.766. The van der Waals surface area contributed by atoms with Gasteiger partial charge >= 0.3 is 0 Å². The van der Waals surface area contributed by atoms with Crippen LogP contribution in [0.2, 0.25) is 0 Å². The van der Waals surface area contributed by atoms with E-state index in [-0.39, 0.29) is 11.7 Å². The normalized spacial score (nSPS) is 19.2.